The van der Waals surface area contributed by atoms with E-state index in [0.29, 0.717) is 0 Å². The molecule has 1 aliphatic rings. The summed E-state index contributed by atoms with van der Waals surface area (Å²) in [4.78, 5) is 11.3. The molecular formula is C12H14O5S. The van der Waals surface area contributed by atoms with Crippen LogP contribution < -0.4 is 0 Å². The molecule has 6 heteroatoms. The van der Waals surface area contributed by atoms with Crippen LogP contribution in [0, 0.1) is 0 Å². The topological polar surface area (TPSA) is 76.0 Å². The molecule has 0 saturated carbocycles. The molecule has 2 rings (SSSR count). The van der Waals surface area contributed by atoms with Gasteiger partial charge < -0.3 is 19.7 Å². The molecule has 2 N–H and O–H groups in total. The van der Waals surface area contributed by atoms with Crippen LogP contribution in [0.3, 0.4) is 0 Å². The van der Waals surface area contributed by atoms with E-state index >= 15 is 0 Å². The Labute approximate surface area is 108 Å². The maximum atomic E-state index is 11.3. The summed E-state index contributed by atoms with van der Waals surface area (Å²) < 4.78 is 9.70. The summed E-state index contributed by atoms with van der Waals surface area (Å²) in [5.74, 6) is -0.655. The largest absolute Gasteiger partial charge is 0.454 e. The summed E-state index contributed by atoms with van der Waals surface area (Å²) in [6.07, 6.45) is -1.05. The minimum Gasteiger partial charge on any atom is -0.454 e. The molecule has 1 aliphatic heterocycles. The van der Waals surface area contributed by atoms with Crippen LogP contribution in [0.1, 0.15) is 5.56 Å². The van der Waals surface area contributed by atoms with E-state index < -0.39 is 30.4 Å². The van der Waals surface area contributed by atoms with E-state index in [4.69, 9.17) is 9.47 Å². The third-order valence-electron chi connectivity index (χ3n) is 2.75. The second-order valence-electron chi connectivity index (χ2n) is 3.95. The first-order chi connectivity index (χ1) is 8.63. The maximum Gasteiger partial charge on any atom is 0.338 e. The van der Waals surface area contributed by atoms with E-state index in [1.165, 1.54) is 13.2 Å². The Balaban J connectivity index is 2.02. The predicted octanol–water partition coefficient (Wildman–Crippen LogP) is 0.423. The fourth-order valence-corrected chi connectivity index (χ4v) is 2.41. The second kappa shape index (κ2) is 5.62. The first kappa shape index (κ1) is 13.2. The highest BCUT2D eigenvalue weighted by molar-refractivity contribution is 7.08. The lowest BCUT2D eigenvalue weighted by Gasteiger charge is -2.17. The normalized spacial score (nSPS) is 29.7. The second-order valence-corrected chi connectivity index (χ2v) is 4.73. The molecule has 0 amide bonds. The summed E-state index contributed by atoms with van der Waals surface area (Å²) >= 11 is 1.54. The van der Waals surface area contributed by atoms with Crippen LogP contribution in [0.5, 0.6) is 0 Å². The van der Waals surface area contributed by atoms with Gasteiger partial charge in [-0.05, 0) is 22.4 Å². The Hall–Kier alpha value is -1.21. The zero-order valence-corrected chi connectivity index (χ0v) is 10.5. The van der Waals surface area contributed by atoms with Crippen molar-refractivity contribution < 1.29 is 24.5 Å². The van der Waals surface area contributed by atoms with Crippen molar-refractivity contribution in [3.63, 3.8) is 0 Å². The smallest absolute Gasteiger partial charge is 0.338 e. The Kier molecular flexibility index (Phi) is 4.13. The lowest BCUT2D eigenvalue weighted by atomic mass is 10.1. The summed E-state index contributed by atoms with van der Waals surface area (Å²) in [6, 6.07) is 1.89. The number of cyclic esters (lactones) is 1. The predicted molar refractivity (Wildman–Crippen MR) is 66.0 cm³/mol. The number of esters is 1. The van der Waals surface area contributed by atoms with Crippen LogP contribution >= 0.6 is 11.3 Å². The SMILES string of the molecule is CO[C@H]1C(=O)O[C@@H]([C@H](O)C=Cc2ccsc2)C1O. The van der Waals surface area contributed by atoms with Crippen molar-refractivity contribution in [3.8, 4) is 0 Å². The molecular weight excluding hydrogens is 256 g/mol. The van der Waals surface area contributed by atoms with Gasteiger partial charge >= 0.3 is 5.97 Å². The zero-order valence-electron chi connectivity index (χ0n) is 9.72. The van der Waals surface area contributed by atoms with E-state index in [9.17, 15) is 15.0 Å². The van der Waals surface area contributed by atoms with Gasteiger partial charge in [0, 0.05) is 7.11 Å². The minimum absolute atomic E-state index is 0.655. The molecule has 2 heterocycles. The first-order valence-electron chi connectivity index (χ1n) is 5.43. The number of aliphatic hydroxyl groups is 2. The number of carbonyl (C=O) groups excluding carboxylic acids is 1. The molecule has 4 atom stereocenters. The Morgan fingerprint density at radius 1 is 1.61 bits per heavy atom. The molecule has 5 nitrogen and oxygen atoms in total. The number of rotatable bonds is 4. The van der Waals surface area contributed by atoms with Crippen molar-refractivity contribution in [2.45, 2.75) is 24.4 Å². The van der Waals surface area contributed by atoms with Gasteiger partial charge in [0.1, 0.15) is 12.2 Å². The summed E-state index contributed by atoms with van der Waals surface area (Å²) in [5, 5.41) is 23.5. The van der Waals surface area contributed by atoms with Crippen molar-refractivity contribution in [1.29, 1.82) is 0 Å². The minimum atomic E-state index is -1.16. The van der Waals surface area contributed by atoms with Gasteiger partial charge in [-0.1, -0.05) is 12.2 Å². The number of methoxy groups -OCH3 is 1. The summed E-state index contributed by atoms with van der Waals surface area (Å²) in [5.41, 5.74) is 0.946. The lowest BCUT2D eigenvalue weighted by molar-refractivity contribution is -0.150. The van der Waals surface area contributed by atoms with E-state index in [1.54, 1.807) is 17.4 Å². The Morgan fingerprint density at radius 3 is 2.94 bits per heavy atom. The standard InChI is InChI=1S/C12H14O5S/c1-16-11-9(14)10(17-12(11)15)8(13)3-2-7-4-5-18-6-7/h2-6,8-11,13-14H,1H3/t8-,9?,10+,11-/m1/s1. The van der Waals surface area contributed by atoms with E-state index in [2.05, 4.69) is 0 Å². The molecule has 1 fully saturated rings. The quantitative estimate of drug-likeness (QED) is 0.776. The number of hydrogen-bond acceptors (Lipinski definition) is 6. The van der Waals surface area contributed by atoms with Crippen LogP contribution in [0.15, 0.2) is 22.9 Å². The van der Waals surface area contributed by atoms with Crippen LogP contribution in [-0.4, -0.2) is 47.7 Å². The number of thiophene rings is 1. The molecule has 0 radical (unpaired) electrons. The van der Waals surface area contributed by atoms with Gasteiger partial charge in [0.05, 0.1) is 0 Å². The first-order valence-corrected chi connectivity index (χ1v) is 6.37. The van der Waals surface area contributed by atoms with E-state index in [1.807, 2.05) is 16.8 Å². The molecule has 0 spiro atoms. The van der Waals surface area contributed by atoms with E-state index in [0.717, 1.165) is 5.56 Å². The van der Waals surface area contributed by atoms with Gasteiger partial charge in [-0.3, -0.25) is 0 Å². The molecule has 1 aromatic rings. The van der Waals surface area contributed by atoms with E-state index in [-0.39, 0.29) is 0 Å². The highest BCUT2D eigenvalue weighted by Gasteiger charge is 2.46. The maximum absolute atomic E-state index is 11.3. The lowest BCUT2D eigenvalue weighted by Crippen LogP contribution is -2.38. The summed E-state index contributed by atoms with van der Waals surface area (Å²) in [7, 11) is 1.31. The molecule has 1 unspecified atom stereocenters. The van der Waals surface area contributed by atoms with Crippen molar-refractivity contribution >= 4 is 23.4 Å². The number of hydrogen-bond donors (Lipinski definition) is 2. The van der Waals surface area contributed by atoms with Crippen LogP contribution in [0.25, 0.3) is 6.08 Å². The summed E-state index contributed by atoms with van der Waals surface area (Å²) in [6.45, 7) is 0. The van der Waals surface area contributed by atoms with Gasteiger partial charge in [0.25, 0.3) is 0 Å². The van der Waals surface area contributed by atoms with Crippen molar-refractivity contribution in [2.75, 3.05) is 7.11 Å². The van der Waals surface area contributed by atoms with Gasteiger partial charge in [-0.15, -0.1) is 0 Å². The molecule has 98 valence electrons. The number of aliphatic hydroxyl groups excluding tert-OH is 2. The average Bonchev–Trinajstić information content (AvgIpc) is 2.95. The van der Waals surface area contributed by atoms with Gasteiger partial charge in [-0.2, -0.15) is 11.3 Å². The molecule has 1 aromatic heterocycles. The van der Waals surface area contributed by atoms with Gasteiger partial charge in [-0.25, -0.2) is 4.79 Å². The number of carbonyl (C=O) groups is 1. The van der Waals surface area contributed by atoms with Crippen LogP contribution in [0.2, 0.25) is 0 Å². The molecule has 0 aromatic carbocycles. The third-order valence-corrected chi connectivity index (χ3v) is 3.45. The molecule has 18 heavy (non-hydrogen) atoms. The van der Waals surface area contributed by atoms with Crippen molar-refractivity contribution in [1.82, 2.24) is 0 Å². The van der Waals surface area contributed by atoms with Gasteiger partial charge in [0.2, 0.25) is 0 Å². The van der Waals surface area contributed by atoms with Crippen LogP contribution in [-0.2, 0) is 14.3 Å². The van der Waals surface area contributed by atoms with Crippen molar-refractivity contribution in [3.05, 3.63) is 28.5 Å². The van der Waals surface area contributed by atoms with Crippen LogP contribution in [0.4, 0.5) is 0 Å². The fourth-order valence-electron chi connectivity index (χ4n) is 1.78. The molecule has 0 bridgehead atoms. The highest BCUT2D eigenvalue weighted by Crippen LogP contribution is 2.22. The third kappa shape index (κ3) is 2.62. The molecule has 0 aliphatic carbocycles. The number of ether oxygens (including phenoxy) is 2. The zero-order chi connectivity index (χ0) is 13.1. The van der Waals surface area contributed by atoms with Crippen molar-refractivity contribution in [2.24, 2.45) is 0 Å². The average molecular weight is 270 g/mol. The monoisotopic (exact) mass is 270 g/mol. The Morgan fingerprint density at radius 2 is 2.39 bits per heavy atom. The van der Waals surface area contributed by atoms with Gasteiger partial charge in [0.15, 0.2) is 12.2 Å². The Bertz CT molecular complexity index is 428. The fraction of sp³-hybridized carbons (Fsp3) is 0.417. The highest BCUT2D eigenvalue weighted by atomic mass is 32.1. The molecule has 1 saturated heterocycles.